The van der Waals surface area contributed by atoms with E-state index in [1.165, 1.54) is 32.1 Å². The zero-order chi connectivity index (χ0) is 10.5. The topological polar surface area (TPSA) is 33.1 Å². The van der Waals surface area contributed by atoms with E-state index < -0.39 is 0 Å². The standard InChI is InChI=1S/C12H17NOS/c14-9-10-5-4-8-12(13-10)15-11-6-2-1-3-7-11/h4-5,8,11,14H,1-3,6-7,9H2. The molecular weight excluding hydrogens is 206 g/mol. The maximum Gasteiger partial charge on any atom is 0.0966 e. The van der Waals surface area contributed by atoms with E-state index in [0.717, 1.165) is 16.0 Å². The zero-order valence-electron chi connectivity index (χ0n) is 8.85. The number of aliphatic hydroxyl groups excluding tert-OH is 1. The Hall–Kier alpha value is -0.540. The van der Waals surface area contributed by atoms with Crippen molar-refractivity contribution in [2.24, 2.45) is 0 Å². The summed E-state index contributed by atoms with van der Waals surface area (Å²) >= 11 is 1.87. The molecule has 0 unspecified atom stereocenters. The molecule has 0 aliphatic heterocycles. The fraction of sp³-hybridized carbons (Fsp3) is 0.583. The van der Waals surface area contributed by atoms with Crippen molar-refractivity contribution in [1.82, 2.24) is 4.98 Å². The second-order valence-corrected chi connectivity index (χ2v) is 5.32. The Bertz CT molecular complexity index is 310. The molecule has 82 valence electrons. The van der Waals surface area contributed by atoms with Crippen LogP contribution in [0, 0.1) is 0 Å². The summed E-state index contributed by atoms with van der Waals surface area (Å²) < 4.78 is 0. The summed E-state index contributed by atoms with van der Waals surface area (Å²) in [5, 5.41) is 10.8. The molecule has 1 aromatic rings. The molecule has 0 atom stereocenters. The molecular formula is C12H17NOS. The van der Waals surface area contributed by atoms with Crippen molar-refractivity contribution in [3.63, 3.8) is 0 Å². The largest absolute Gasteiger partial charge is 0.390 e. The van der Waals surface area contributed by atoms with Gasteiger partial charge in [-0.15, -0.1) is 11.8 Å². The van der Waals surface area contributed by atoms with Gasteiger partial charge in [0.05, 0.1) is 17.3 Å². The second kappa shape index (κ2) is 5.52. The van der Waals surface area contributed by atoms with Crippen LogP contribution in [-0.2, 0) is 6.61 Å². The third-order valence-corrected chi connectivity index (χ3v) is 4.06. The average molecular weight is 223 g/mol. The van der Waals surface area contributed by atoms with Gasteiger partial charge >= 0.3 is 0 Å². The molecule has 2 rings (SSSR count). The molecule has 3 heteroatoms. The van der Waals surface area contributed by atoms with Crippen molar-refractivity contribution in [3.05, 3.63) is 23.9 Å². The van der Waals surface area contributed by atoms with E-state index in [9.17, 15) is 0 Å². The molecule has 1 N–H and O–H groups in total. The molecule has 1 aliphatic carbocycles. The van der Waals surface area contributed by atoms with Gasteiger partial charge in [-0.3, -0.25) is 0 Å². The smallest absolute Gasteiger partial charge is 0.0966 e. The van der Waals surface area contributed by atoms with Crippen molar-refractivity contribution < 1.29 is 5.11 Å². The highest BCUT2D eigenvalue weighted by Crippen LogP contribution is 2.32. The molecule has 1 heterocycles. The van der Waals surface area contributed by atoms with Crippen LogP contribution in [0.2, 0.25) is 0 Å². The van der Waals surface area contributed by atoms with E-state index in [-0.39, 0.29) is 6.61 Å². The average Bonchev–Trinajstić information content (AvgIpc) is 2.31. The Kier molecular flexibility index (Phi) is 4.03. The number of aliphatic hydroxyl groups is 1. The van der Waals surface area contributed by atoms with E-state index >= 15 is 0 Å². The van der Waals surface area contributed by atoms with Crippen molar-refractivity contribution in [1.29, 1.82) is 0 Å². The van der Waals surface area contributed by atoms with Gasteiger partial charge in [0.25, 0.3) is 0 Å². The first kappa shape index (κ1) is 11.0. The molecule has 15 heavy (non-hydrogen) atoms. The van der Waals surface area contributed by atoms with Gasteiger partial charge in [0, 0.05) is 5.25 Å². The summed E-state index contributed by atoms with van der Waals surface area (Å²) in [5.74, 6) is 0. The van der Waals surface area contributed by atoms with Crippen LogP contribution in [0.5, 0.6) is 0 Å². The van der Waals surface area contributed by atoms with Gasteiger partial charge in [0.15, 0.2) is 0 Å². The first-order valence-electron chi connectivity index (χ1n) is 5.62. The Morgan fingerprint density at radius 1 is 1.27 bits per heavy atom. The van der Waals surface area contributed by atoms with E-state index in [1.807, 2.05) is 30.0 Å². The number of thioether (sulfide) groups is 1. The lowest BCUT2D eigenvalue weighted by molar-refractivity contribution is 0.276. The first-order valence-corrected chi connectivity index (χ1v) is 6.50. The van der Waals surface area contributed by atoms with Crippen LogP contribution in [0.3, 0.4) is 0 Å². The van der Waals surface area contributed by atoms with Crippen LogP contribution in [0.15, 0.2) is 23.2 Å². The maximum atomic E-state index is 9.00. The number of hydrogen-bond acceptors (Lipinski definition) is 3. The highest BCUT2D eigenvalue weighted by Gasteiger charge is 2.15. The number of rotatable bonds is 3. The normalized spacial score (nSPS) is 17.9. The predicted octanol–water partition coefficient (Wildman–Crippen LogP) is 3.00. The highest BCUT2D eigenvalue weighted by atomic mass is 32.2. The third-order valence-electron chi connectivity index (χ3n) is 2.78. The molecule has 2 nitrogen and oxygen atoms in total. The van der Waals surface area contributed by atoms with Crippen LogP contribution in [0.1, 0.15) is 37.8 Å². The monoisotopic (exact) mass is 223 g/mol. The van der Waals surface area contributed by atoms with Crippen molar-refractivity contribution >= 4 is 11.8 Å². The van der Waals surface area contributed by atoms with Gasteiger partial charge in [0.1, 0.15) is 0 Å². The maximum absolute atomic E-state index is 9.00. The number of hydrogen-bond donors (Lipinski definition) is 1. The zero-order valence-corrected chi connectivity index (χ0v) is 9.67. The Balaban J connectivity index is 1.96. The summed E-state index contributed by atoms with van der Waals surface area (Å²) in [6.07, 6.45) is 6.74. The van der Waals surface area contributed by atoms with E-state index in [2.05, 4.69) is 4.98 Å². The van der Waals surface area contributed by atoms with Crippen LogP contribution >= 0.6 is 11.8 Å². The Labute approximate surface area is 95.1 Å². The molecule has 0 spiro atoms. The second-order valence-electron chi connectivity index (χ2n) is 4.00. The number of pyridine rings is 1. The molecule has 1 aliphatic rings. The van der Waals surface area contributed by atoms with Gasteiger partial charge in [-0.05, 0) is 25.0 Å². The van der Waals surface area contributed by atoms with E-state index in [4.69, 9.17) is 5.11 Å². The summed E-state index contributed by atoms with van der Waals surface area (Å²) in [6.45, 7) is 0.0407. The lowest BCUT2D eigenvalue weighted by Crippen LogP contribution is -2.08. The first-order chi connectivity index (χ1) is 7.38. The van der Waals surface area contributed by atoms with Gasteiger partial charge in [-0.2, -0.15) is 0 Å². The third kappa shape index (κ3) is 3.21. The van der Waals surface area contributed by atoms with E-state index in [1.54, 1.807) is 0 Å². The number of nitrogens with zero attached hydrogens (tertiary/aromatic N) is 1. The molecule has 0 bridgehead atoms. The van der Waals surface area contributed by atoms with Gasteiger partial charge < -0.3 is 5.11 Å². The van der Waals surface area contributed by atoms with Crippen molar-refractivity contribution in [3.8, 4) is 0 Å². The Morgan fingerprint density at radius 2 is 2.07 bits per heavy atom. The van der Waals surface area contributed by atoms with Crippen LogP contribution < -0.4 is 0 Å². The van der Waals surface area contributed by atoms with Gasteiger partial charge in [0.2, 0.25) is 0 Å². The minimum absolute atomic E-state index is 0.0407. The molecule has 1 fully saturated rings. The fourth-order valence-electron chi connectivity index (χ4n) is 1.97. The quantitative estimate of drug-likeness (QED) is 0.855. The molecule has 0 amide bonds. The number of aromatic nitrogens is 1. The van der Waals surface area contributed by atoms with Gasteiger partial charge in [-0.25, -0.2) is 4.98 Å². The Morgan fingerprint density at radius 3 is 2.80 bits per heavy atom. The summed E-state index contributed by atoms with van der Waals surface area (Å²) in [6, 6.07) is 5.88. The van der Waals surface area contributed by atoms with Crippen LogP contribution in [0.25, 0.3) is 0 Å². The van der Waals surface area contributed by atoms with E-state index in [0.29, 0.717) is 0 Å². The molecule has 0 radical (unpaired) electrons. The van der Waals surface area contributed by atoms with Gasteiger partial charge in [-0.1, -0.05) is 25.3 Å². The summed E-state index contributed by atoms with van der Waals surface area (Å²) in [5.41, 5.74) is 0.774. The molecule has 0 saturated heterocycles. The minimum atomic E-state index is 0.0407. The molecule has 0 aromatic carbocycles. The van der Waals surface area contributed by atoms with Crippen molar-refractivity contribution in [2.45, 2.75) is 49.0 Å². The molecule has 1 aromatic heterocycles. The van der Waals surface area contributed by atoms with Crippen LogP contribution in [0.4, 0.5) is 0 Å². The fourth-order valence-corrected chi connectivity index (χ4v) is 3.20. The lowest BCUT2D eigenvalue weighted by Gasteiger charge is -2.20. The minimum Gasteiger partial charge on any atom is -0.390 e. The molecule has 1 saturated carbocycles. The summed E-state index contributed by atoms with van der Waals surface area (Å²) in [7, 11) is 0. The summed E-state index contributed by atoms with van der Waals surface area (Å²) in [4.78, 5) is 4.40. The SMILES string of the molecule is OCc1cccc(SC2CCCCC2)n1. The van der Waals surface area contributed by atoms with Crippen molar-refractivity contribution in [2.75, 3.05) is 0 Å². The lowest BCUT2D eigenvalue weighted by atomic mass is 10.0. The highest BCUT2D eigenvalue weighted by molar-refractivity contribution is 7.99. The predicted molar refractivity (Wildman–Crippen MR) is 62.9 cm³/mol. The van der Waals surface area contributed by atoms with Crippen LogP contribution in [-0.4, -0.2) is 15.3 Å².